The average molecular weight is 218 g/mol. The molecule has 0 radical (unpaired) electrons. The molecule has 0 bridgehead atoms. The third kappa shape index (κ3) is 1.31. The number of hydrogen-bond acceptors (Lipinski definition) is 2. The van der Waals surface area contributed by atoms with Gasteiger partial charge in [-0.25, -0.2) is 0 Å². The largest absolute Gasteiger partial charge is 0.493 e. The molecule has 1 saturated carbocycles. The number of hydrogen-bond donors (Lipinski definition) is 1. The second kappa shape index (κ2) is 3.24. The molecule has 0 aromatic heterocycles. The molecule has 3 heteroatoms. The summed E-state index contributed by atoms with van der Waals surface area (Å²) in [5, 5.41) is 2.60. The van der Waals surface area contributed by atoms with Crippen LogP contribution in [0.5, 0.6) is 5.75 Å². The van der Waals surface area contributed by atoms with Gasteiger partial charge < -0.3 is 10.1 Å². The Hall–Kier alpha value is -1.51. The summed E-state index contributed by atoms with van der Waals surface area (Å²) >= 11 is 0. The van der Waals surface area contributed by atoms with Crippen LogP contribution in [-0.2, 0) is 5.41 Å². The molecule has 1 aliphatic carbocycles. The summed E-state index contributed by atoms with van der Waals surface area (Å²) in [5.41, 5.74) is 1.73. The molecule has 2 aliphatic rings. The van der Waals surface area contributed by atoms with E-state index in [1.807, 2.05) is 12.1 Å². The monoisotopic (exact) mass is 218 g/mol. The van der Waals surface area contributed by atoms with Gasteiger partial charge in [-0.05, 0) is 31.4 Å². The summed E-state index contributed by atoms with van der Waals surface area (Å²) < 4.78 is 13.5. The van der Waals surface area contributed by atoms with Crippen molar-refractivity contribution in [2.75, 3.05) is 13.7 Å². The van der Waals surface area contributed by atoms with E-state index in [9.17, 15) is 4.79 Å². The van der Waals surface area contributed by atoms with Crippen LogP contribution in [0.15, 0.2) is 18.2 Å². The van der Waals surface area contributed by atoms with Crippen LogP contribution >= 0.6 is 0 Å². The lowest BCUT2D eigenvalue weighted by Crippen LogP contribution is -2.22. The summed E-state index contributed by atoms with van der Waals surface area (Å²) in [6.07, 6.45) is 1.84. The third-order valence-corrected chi connectivity index (χ3v) is 3.51. The van der Waals surface area contributed by atoms with Crippen LogP contribution in [0, 0.1) is 0 Å². The molecular weight excluding hydrogens is 202 g/mol. The van der Waals surface area contributed by atoms with Crippen LogP contribution in [-0.4, -0.2) is 19.6 Å². The van der Waals surface area contributed by atoms with E-state index in [1.165, 1.54) is 0 Å². The van der Waals surface area contributed by atoms with Gasteiger partial charge in [-0.15, -0.1) is 0 Å². The quantitative estimate of drug-likeness (QED) is 0.781. The van der Waals surface area contributed by atoms with Gasteiger partial charge in [0, 0.05) is 25.0 Å². The molecule has 16 heavy (non-hydrogen) atoms. The summed E-state index contributed by atoms with van der Waals surface area (Å²) in [7, 11) is 1.62. The van der Waals surface area contributed by atoms with E-state index in [-0.39, 0.29) is 17.7 Å². The van der Waals surface area contributed by atoms with E-state index in [4.69, 9.17) is 6.11 Å². The Morgan fingerprint density at radius 1 is 1.56 bits per heavy atom. The van der Waals surface area contributed by atoms with Gasteiger partial charge in [-0.3, -0.25) is 4.79 Å². The Labute approximate surface area is 96.2 Å². The van der Waals surface area contributed by atoms with Gasteiger partial charge in [0.2, 0.25) is 0 Å². The number of ether oxygens (including phenoxy) is 1. The van der Waals surface area contributed by atoms with Gasteiger partial charge in [0.05, 0.1) is 6.61 Å². The van der Waals surface area contributed by atoms with Crippen molar-refractivity contribution in [2.24, 2.45) is 0 Å². The molecular formula is C13H15NO2. The SMILES string of the molecule is [2H]C1CC12CCOc1cc(C(=O)NC)ccc12. The number of carbonyl (C=O) groups is 1. The van der Waals surface area contributed by atoms with Gasteiger partial charge in [0.25, 0.3) is 5.91 Å². The average Bonchev–Trinajstić information content (AvgIpc) is 2.99. The normalized spacial score (nSPS) is 31.3. The molecule has 0 saturated heterocycles. The third-order valence-electron chi connectivity index (χ3n) is 3.51. The van der Waals surface area contributed by atoms with Crippen molar-refractivity contribution in [1.82, 2.24) is 5.32 Å². The Balaban J connectivity index is 2.02. The molecule has 2 unspecified atom stereocenters. The second-order valence-corrected chi connectivity index (χ2v) is 4.45. The number of fused-ring (bicyclic) bond motifs is 2. The zero-order valence-corrected chi connectivity index (χ0v) is 9.25. The van der Waals surface area contributed by atoms with Crippen molar-refractivity contribution in [2.45, 2.75) is 24.7 Å². The maximum Gasteiger partial charge on any atom is 0.251 e. The molecule has 2 atom stereocenters. The standard InChI is InChI=1S/C13H15NO2/c1-14-12(15)9-2-3-10-11(8-9)16-7-6-13(10)4-5-13/h2-3,8H,4-7H2,1H3,(H,14,15)/i4D. The first kappa shape index (κ1) is 8.62. The van der Waals surface area contributed by atoms with E-state index < -0.39 is 0 Å². The van der Waals surface area contributed by atoms with E-state index in [1.54, 1.807) is 13.1 Å². The zero-order chi connectivity index (χ0) is 12.0. The van der Waals surface area contributed by atoms with E-state index in [0.29, 0.717) is 12.2 Å². The molecule has 3 rings (SSSR count). The molecule has 1 amide bonds. The molecule has 1 N–H and O–H groups in total. The smallest absolute Gasteiger partial charge is 0.251 e. The lowest BCUT2D eigenvalue weighted by Gasteiger charge is -2.25. The number of benzene rings is 1. The topological polar surface area (TPSA) is 38.3 Å². The fourth-order valence-electron chi connectivity index (χ4n) is 2.36. The molecule has 1 heterocycles. The maximum atomic E-state index is 11.5. The van der Waals surface area contributed by atoms with Gasteiger partial charge in [-0.2, -0.15) is 0 Å². The number of carbonyl (C=O) groups excluding carboxylic acids is 1. The summed E-state index contributed by atoms with van der Waals surface area (Å²) in [5.74, 6) is 0.682. The molecule has 1 aromatic rings. The van der Waals surface area contributed by atoms with Crippen LogP contribution in [0.3, 0.4) is 0 Å². The minimum Gasteiger partial charge on any atom is -0.493 e. The lowest BCUT2D eigenvalue weighted by atomic mass is 9.89. The fraction of sp³-hybridized carbons (Fsp3) is 0.462. The molecule has 1 fully saturated rings. The predicted octanol–water partition coefficient (Wildman–Crippen LogP) is 1.86. The van der Waals surface area contributed by atoms with Crippen molar-refractivity contribution < 1.29 is 10.9 Å². The highest BCUT2D eigenvalue weighted by atomic mass is 16.5. The first-order valence-corrected chi connectivity index (χ1v) is 5.59. The van der Waals surface area contributed by atoms with Crippen LogP contribution in [0.2, 0.25) is 0 Å². The van der Waals surface area contributed by atoms with E-state index >= 15 is 0 Å². The first-order chi connectivity index (χ1) is 8.17. The van der Waals surface area contributed by atoms with Crippen molar-refractivity contribution in [3.8, 4) is 5.75 Å². The van der Waals surface area contributed by atoms with Crippen molar-refractivity contribution >= 4 is 5.91 Å². The molecule has 84 valence electrons. The van der Waals surface area contributed by atoms with Crippen molar-refractivity contribution in [3.63, 3.8) is 0 Å². The maximum absolute atomic E-state index is 11.5. The molecule has 1 aliphatic heterocycles. The second-order valence-electron chi connectivity index (χ2n) is 4.45. The van der Waals surface area contributed by atoms with Gasteiger partial charge in [0.1, 0.15) is 5.75 Å². The Morgan fingerprint density at radius 2 is 2.38 bits per heavy atom. The number of amides is 1. The van der Waals surface area contributed by atoms with Crippen LogP contribution < -0.4 is 10.1 Å². The Bertz CT molecular complexity index is 488. The van der Waals surface area contributed by atoms with Crippen LogP contribution in [0.4, 0.5) is 0 Å². The molecule has 3 nitrogen and oxygen atoms in total. The highest BCUT2D eigenvalue weighted by Crippen LogP contribution is 2.55. The number of rotatable bonds is 1. The van der Waals surface area contributed by atoms with Crippen LogP contribution in [0.1, 0.15) is 36.5 Å². The summed E-state index contributed by atoms with van der Waals surface area (Å²) in [4.78, 5) is 11.5. The number of nitrogens with one attached hydrogen (secondary N) is 1. The highest BCUT2D eigenvalue weighted by molar-refractivity contribution is 5.94. The molecule has 1 spiro atoms. The minimum absolute atomic E-state index is 0.00370. The lowest BCUT2D eigenvalue weighted by molar-refractivity contribution is 0.0962. The Kier molecular flexibility index (Phi) is 1.74. The minimum atomic E-state index is -0.103. The van der Waals surface area contributed by atoms with Gasteiger partial charge in [-0.1, -0.05) is 6.07 Å². The van der Waals surface area contributed by atoms with Crippen LogP contribution in [0.25, 0.3) is 0 Å². The highest BCUT2D eigenvalue weighted by Gasteiger charge is 2.47. The Morgan fingerprint density at radius 3 is 3.06 bits per heavy atom. The van der Waals surface area contributed by atoms with E-state index in [2.05, 4.69) is 5.32 Å². The predicted molar refractivity (Wildman–Crippen MR) is 60.9 cm³/mol. The molecule has 1 aromatic carbocycles. The van der Waals surface area contributed by atoms with E-state index in [0.717, 1.165) is 24.2 Å². The fourth-order valence-corrected chi connectivity index (χ4v) is 2.36. The first-order valence-electron chi connectivity index (χ1n) is 6.17. The van der Waals surface area contributed by atoms with Crippen molar-refractivity contribution in [3.05, 3.63) is 29.3 Å². The zero-order valence-electron chi connectivity index (χ0n) is 10.2. The summed E-state index contributed by atoms with van der Waals surface area (Å²) in [6.45, 7) is 0.652. The van der Waals surface area contributed by atoms with Gasteiger partial charge in [0.15, 0.2) is 0 Å². The van der Waals surface area contributed by atoms with Crippen molar-refractivity contribution in [1.29, 1.82) is 0 Å². The van der Waals surface area contributed by atoms with Gasteiger partial charge >= 0.3 is 0 Å². The summed E-state index contributed by atoms with van der Waals surface area (Å²) in [6, 6.07) is 5.56.